The molecule has 3 aliphatic carbocycles. The first-order valence-corrected chi connectivity index (χ1v) is 13.6. The maximum absolute atomic E-state index is 13.3. The second-order valence-corrected chi connectivity index (χ2v) is 12.5. The number of hydrogen-bond acceptors (Lipinski definition) is 3. The van der Waals surface area contributed by atoms with Crippen LogP contribution >= 0.6 is 11.3 Å². The van der Waals surface area contributed by atoms with Crippen LogP contribution in [0.25, 0.3) is 0 Å². The molecule has 2 aromatic rings. The van der Waals surface area contributed by atoms with Crippen LogP contribution in [-0.2, 0) is 11.2 Å². The number of aryl methyl sites for hydroxylation is 2. The van der Waals surface area contributed by atoms with E-state index < -0.39 is 0 Å². The summed E-state index contributed by atoms with van der Waals surface area (Å²) in [4.78, 5) is 27.2. The number of nitrogens with one attached hydrogen (secondary N) is 1. The predicted molar refractivity (Wildman–Crippen MR) is 135 cm³/mol. The molecule has 0 unspecified atom stereocenters. The Bertz CT molecular complexity index is 1030. The molecule has 3 fully saturated rings. The van der Waals surface area contributed by atoms with Crippen LogP contribution in [0.5, 0.6) is 0 Å². The lowest BCUT2D eigenvalue weighted by Crippen LogP contribution is -2.57. The molecule has 176 valence electrons. The fourth-order valence-electron chi connectivity index (χ4n) is 6.74. The molecule has 3 saturated carbocycles. The topological polar surface area (TPSA) is 46.2 Å². The van der Waals surface area contributed by atoms with Crippen molar-refractivity contribution in [2.45, 2.75) is 96.9 Å². The summed E-state index contributed by atoms with van der Waals surface area (Å²) in [5.74, 6) is 1.41. The molecule has 1 amide bonds. The summed E-state index contributed by atoms with van der Waals surface area (Å²) in [6, 6.07) is 9.44. The molecule has 0 radical (unpaired) electrons. The largest absolute Gasteiger partial charge is 0.349 e. The number of carbonyl (C=O) groups is 2. The van der Waals surface area contributed by atoms with E-state index in [0.29, 0.717) is 11.2 Å². The van der Waals surface area contributed by atoms with E-state index in [-0.39, 0.29) is 17.9 Å². The van der Waals surface area contributed by atoms with E-state index in [9.17, 15) is 9.59 Å². The molecule has 1 aromatic carbocycles. The summed E-state index contributed by atoms with van der Waals surface area (Å²) in [6.45, 7) is 5.94. The maximum Gasteiger partial charge on any atom is 0.252 e. The molecule has 1 aromatic heterocycles. The van der Waals surface area contributed by atoms with E-state index in [2.05, 4.69) is 43.4 Å². The lowest BCUT2D eigenvalue weighted by Gasteiger charge is -2.57. The van der Waals surface area contributed by atoms with Gasteiger partial charge in [0.25, 0.3) is 5.91 Å². The molecular weight excluding hydrogens is 426 g/mol. The molecule has 1 heterocycles. The summed E-state index contributed by atoms with van der Waals surface area (Å²) in [7, 11) is 0. The van der Waals surface area contributed by atoms with Crippen molar-refractivity contribution in [3.05, 3.63) is 56.3 Å². The second-order valence-electron chi connectivity index (χ2n) is 11.1. The van der Waals surface area contributed by atoms with Crippen molar-refractivity contribution in [2.24, 2.45) is 11.3 Å². The van der Waals surface area contributed by atoms with E-state index in [4.69, 9.17) is 0 Å². The van der Waals surface area contributed by atoms with Gasteiger partial charge in [-0.25, -0.2) is 0 Å². The molecule has 0 saturated heterocycles. The molecule has 1 spiro atoms. The summed E-state index contributed by atoms with van der Waals surface area (Å²) in [5.41, 5.74) is 5.18. The Labute approximate surface area is 202 Å². The highest BCUT2D eigenvalue weighted by Gasteiger charge is 2.54. The average Bonchev–Trinajstić information content (AvgIpc) is 3.02. The van der Waals surface area contributed by atoms with Crippen LogP contribution in [0.2, 0.25) is 0 Å². The van der Waals surface area contributed by atoms with Crippen molar-refractivity contribution < 1.29 is 9.59 Å². The van der Waals surface area contributed by atoms with Gasteiger partial charge in [-0.1, -0.05) is 43.5 Å². The highest BCUT2D eigenvalue weighted by atomic mass is 32.1. The van der Waals surface area contributed by atoms with E-state index in [1.54, 1.807) is 18.3 Å². The first-order chi connectivity index (χ1) is 15.8. The first kappa shape index (κ1) is 22.8. The number of Topliss-reactive ketones (excluding diaryl/α,β-unsaturated/α-hetero) is 1. The Balaban J connectivity index is 1.23. The molecule has 0 aliphatic heterocycles. The fourth-order valence-corrected chi connectivity index (χ4v) is 7.81. The van der Waals surface area contributed by atoms with Gasteiger partial charge in [-0.15, -0.1) is 11.3 Å². The van der Waals surface area contributed by atoms with Gasteiger partial charge in [0, 0.05) is 21.7 Å². The maximum atomic E-state index is 13.3. The summed E-state index contributed by atoms with van der Waals surface area (Å²) >= 11 is 1.74. The lowest BCUT2D eigenvalue weighted by atomic mass is 9.49. The molecule has 3 nitrogen and oxygen atoms in total. The highest BCUT2D eigenvalue weighted by molar-refractivity contribution is 7.12. The van der Waals surface area contributed by atoms with Gasteiger partial charge in [-0.2, -0.15) is 0 Å². The minimum Gasteiger partial charge on any atom is -0.349 e. The van der Waals surface area contributed by atoms with Crippen LogP contribution in [0.3, 0.4) is 0 Å². The zero-order valence-corrected chi connectivity index (χ0v) is 21.2. The Morgan fingerprint density at radius 3 is 2.27 bits per heavy atom. The quantitative estimate of drug-likeness (QED) is 0.507. The molecule has 3 aliphatic rings. The van der Waals surface area contributed by atoms with Gasteiger partial charge in [0.15, 0.2) is 0 Å². The van der Waals surface area contributed by atoms with Crippen molar-refractivity contribution >= 4 is 23.0 Å². The van der Waals surface area contributed by atoms with Gasteiger partial charge in [0.05, 0.1) is 5.56 Å². The van der Waals surface area contributed by atoms with Crippen LogP contribution in [0.4, 0.5) is 0 Å². The highest BCUT2D eigenvalue weighted by Crippen LogP contribution is 2.58. The molecule has 0 atom stereocenters. The van der Waals surface area contributed by atoms with Gasteiger partial charge in [-0.3, -0.25) is 9.59 Å². The van der Waals surface area contributed by atoms with E-state index in [1.165, 1.54) is 53.7 Å². The smallest absolute Gasteiger partial charge is 0.252 e. The third-order valence-corrected chi connectivity index (χ3v) is 9.74. The summed E-state index contributed by atoms with van der Waals surface area (Å²) in [6.07, 6.45) is 11.7. The van der Waals surface area contributed by atoms with Crippen LogP contribution in [0.1, 0.15) is 107 Å². The van der Waals surface area contributed by atoms with Crippen molar-refractivity contribution in [1.29, 1.82) is 0 Å². The zero-order valence-electron chi connectivity index (χ0n) is 20.3. The normalized spacial score (nSPS) is 27.1. The van der Waals surface area contributed by atoms with E-state index in [1.807, 2.05) is 0 Å². The number of ketones is 1. The van der Waals surface area contributed by atoms with Crippen molar-refractivity contribution in [3.63, 3.8) is 0 Å². The van der Waals surface area contributed by atoms with E-state index >= 15 is 0 Å². The minimum absolute atomic E-state index is 0.0907. The zero-order chi connectivity index (χ0) is 23.2. The summed E-state index contributed by atoms with van der Waals surface area (Å²) in [5, 5.41) is 3.32. The van der Waals surface area contributed by atoms with Gasteiger partial charge in [0.2, 0.25) is 0 Å². The predicted octanol–water partition coefficient (Wildman–Crippen LogP) is 6.88. The number of rotatable bonds is 6. The molecule has 33 heavy (non-hydrogen) atoms. The van der Waals surface area contributed by atoms with Crippen LogP contribution in [-0.4, -0.2) is 17.7 Å². The standard InChI is InChI=1S/C29H37NO2S/c1-18(31)24-14-29(15-24)16-25(17-29)30-28(32)27-20(3)33-19(2)26(27)13-21-9-11-23(12-10-21)22-7-5-4-6-8-22/h9-12,22,24-25H,4-8,13-17H2,1-3H3,(H,30,32). The Morgan fingerprint density at radius 2 is 1.64 bits per heavy atom. The van der Waals surface area contributed by atoms with Crippen molar-refractivity contribution in [3.8, 4) is 0 Å². The number of carbonyl (C=O) groups excluding carboxylic acids is 2. The van der Waals surface area contributed by atoms with E-state index in [0.717, 1.165) is 48.5 Å². The Morgan fingerprint density at radius 1 is 0.970 bits per heavy atom. The minimum atomic E-state index is 0.0907. The monoisotopic (exact) mass is 463 g/mol. The Hall–Kier alpha value is -1.94. The molecule has 1 N–H and O–H groups in total. The average molecular weight is 464 g/mol. The third-order valence-electron chi connectivity index (χ3n) is 8.68. The number of hydrogen-bond donors (Lipinski definition) is 1. The summed E-state index contributed by atoms with van der Waals surface area (Å²) < 4.78 is 0. The first-order valence-electron chi connectivity index (χ1n) is 12.8. The van der Waals surface area contributed by atoms with Gasteiger partial charge < -0.3 is 5.32 Å². The number of amides is 1. The van der Waals surface area contributed by atoms with Crippen LogP contribution in [0.15, 0.2) is 24.3 Å². The fraction of sp³-hybridized carbons (Fsp3) is 0.586. The second kappa shape index (κ2) is 9.02. The van der Waals surface area contributed by atoms with Crippen LogP contribution < -0.4 is 5.32 Å². The van der Waals surface area contributed by atoms with Gasteiger partial charge >= 0.3 is 0 Å². The van der Waals surface area contributed by atoms with Gasteiger partial charge in [0.1, 0.15) is 5.78 Å². The van der Waals surface area contributed by atoms with Crippen molar-refractivity contribution in [1.82, 2.24) is 5.32 Å². The Kier molecular flexibility index (Phi) is 6.24. The number of benzene rings is 1. The molecule has 5 rings (SSSR count). The number of thiophene rings is 1. The molecular formula is C29H37NO2S. The molecule has 4 heteroatoms. The lowest BCUT2D eigenvalue weighted by molar-refractivity contribution is -0.134. The SMILES string of the molecule is CC(=O)C1CC2(CC(NC(=O)c3c(C)sc(C)c3Cc3ccc(C4CCCCC4)cc3)C2)C1. The van der Waals surface area contributed by atoms with Crippen molar-refractivity contribution in [2.75, 3.05) is 0 Å². The molecule has 0 bridgehead atoms. The van der Waals surface area contributed by atoms with Gasteiger partial charge in [-0.05, 0) is 93.7 Å². The third kappa shape index (κ3) is 4.56. The van der Waals surface area contributed by atoms with Crippen LogP contribution in [0, 0.1) is 25.2 Å².